The van der Waals surface area contributed by atoms with Crippen LogP contribution in [-0.4, -0.2) is 48.2 Å². The summed E-state index contributed by atoms with van der Waals surface area (Å²) >= 11 is 0. The molecule has 0 N–H and O–H groups in total. The summed E-state index contributed by atoms with van der Waals surface area (Å²) in [6.45, 7) is 12.1. The molecule has 0 bridgehead atoms. The van der Waals surface area contributed by atoms with Gasteiger partial charge in [-0.2, -0.15) is 26.3 Å². The van der Waals surface area contributed by atoms with Gasteiger partial charge in [0, 0.05) is 0 Å². The van der Waals surface area contributed by atoms with Gasteiger partial charge in [-0.15, -0.1) is 0 Å². The fraction of sp³-hybridized carbons (Fsp3) is 0.875. The third kappa shape index (κ3) is 20.3. The number of nitrogens with zero attached hydrogens (tertiary/aromatic N) is 4. The number of aliphatic imine (C=N–C) groups is 2. The molecule has 0 aliphatic rings. The van der Waals surface area contributed by atoms with Crippen molar-refractivity contribution in [1.82, 2.24) is 0 Å². The zero-order valence-corrected chi connectivity index (χ0v) is 18.9. The Morgan fingerprint density at radius 1 is 0.607 bits per heavy atom. The van der Waals surface area contributed by atoms with Crippen LogP contribution in [-0.2, 0) is 34.1 Å². The molecule has 0 spiro atoms. The number of halogens is 6. The molecule has 12 heteroatoms. The molecule has 0 saturated carbocycles. The third-order valence-corrected chi connectivity index (χ3v) is 2.60. The largest absolute Gasteiger partial charge is 1.00 e. The number of amidine groups is 2. The van der Waals surface area contributed by atoms with E-state index in [-0.39, 0.29) is 57.9 Å². The van der Waals surface area contributed by atoms with Gasteiger partial charge >= 0.3 is 46.5 Å². The van der Waals surface area contributed by atoms with Crippen LogP contribution < -0.4 is 0 Å². The second-order valence-corrected chi connectivity index (χ2v) is 6.23. The molecule has 0 aromatic heterocycles. The van der Waals surface area contributed by atoms with Gasteiger partial charge in [0.05, 0.1) is 12.1 Å². The Hall–Kier alpha value is -0.441. The molecule has 176 valence electrons. The molecule has 2 unspecified atom stereocenters. The maximum Gasteiger partial charge on any atom is 1.00 e. The quantitative estimate of drug-likeness (QED) is 0.183. The molecule has 0 aromatic rings. The number of hydrogen-bond donors (Lipinski definition) is 0. The molecule has 0 amide bonds. The van der Waals surface area contributed by atoms with Crippen molar-refractivity contribution in [3.8, 4) is 0 Å². The van der Waals surface area contributed by atoms with Crippen LogP contribution in [0, 0.1) is 0 Å². The van der Waals surface area contributed by atoms with Gasteiger partial charge in [0.2, 0.25) is 0 Å². The predicted octanol–water partition coefficient (Wildman–Crippen LogP) is 6.27. The topological polar surface area (TPSA) is 52.9 Å². The standard InChI is InChI=1S/2C8H14F3N2.2Cu/c2*1-5(2)12-7(4)13-6(3)8(9,10)11;;/h2*5-6H,1-4H3;;/q2*-1;2*+1. The van der Waals surface area contributed by atoms with Crippen molar-refractivity contribution in [3.05, 3.63) is 10.6 Å². The fourth-order valence-corrected chi connectivity index (χ4v) is 1.52. The molecule has 0 fully saturated rings. The first-order valence-electron chi connectivity index (χ1n) is 8.10. The van der Waals surface area contributed by atoms with Crippen LogP contribution in [0.3, 0.4) is 0 Å². The van der Waals surface area contributed by atoms with Gasteiger partial charge in [-0.3, -0.25) is 0 Å². The van der Waals surface area contributed by atoms with Crippen LogP contribution in [0.1, 0.15) is 55.4 Å². The van der Waals surface area contributed by atoms with Gasteiger partial charge in [0.15, 0.2) is 0 Å². The smallest absolute Gasteiger partial charge is 0.467 e. The summed E-state index contributed by atoms with van der Waals surface area (Å²) in [4.78, 5) is 7.76. The molecule has 0 heterocycles. The van der Waals surface area contributed by atoms with Crippen LogP contribution in [0.2, 0.25) is 0 Å². The van der Waals surface area contributed by atoms with E-state index < -0.39 is 24.4 Å². The first kappa shape index (κ1) is 35.0. The van der Waals surface area contributed by atoms with E-state index in [9.17, 15) is 26.3 Å². The molecule has 0 aromatic carbocycles. The van der Waals surface area contributed by atoms with Gasteiger partial charge in [-0.05, 0) is 25.9 Å². The molecule has 0 saturated heterocycles. The number of hydrogen-bond acceptors (Lipinski definition) is 2. The van der Waals surface area contributed by atoms with Crippen LogP contribution in [0.25, 0.3) is 10.6 Å². The van der Waals surface area contributed by atoms with Gasteiger partial charge in [-0.25, -0.2) is 0 Å². The minimum atomic E-state index is -4.27. The molecule has 28 heavy (non-hydrogen) atoms. The summed E-state index contributed by atoms with van der Waals surface area (Å²) in [7, 11) is 0. The Balaban J connectivity index is -0.000000192. The summed E-state index contributed by atoms with van der Waals surface area (Å²) < 4.78 is 72.0. The minimum absolute atomic E-state index is 0. The van der Waals surface area contributed by atoms with E-state index in [1.54, 1.807) is 27.7 Å². The van der Waals surface area contributed by atoms with Gasteiger partial charge in [0.25, 0.3) is 0 Å². The molecule has 0 radical (unpaired) electrons. The second kappa shape index (κ2) is 15.4. The van der Waals surface area contributed by atoms with Gasteiger partial charge < -0.3 is 20.6 Å². The first-order chi connectivity index (χ1) is 11.5. The van der Waals surface area contributed by atoms with Crippen molar-refractivity contribution in [2.75, 3.05) is 0 Å². The summed E-state index contributed by atoms with van der Waals surface area (Å²) in [6.07, 6.45) is -8.54. The Morgan fingerprint density at radius 2 is 0.821 bits per heavy atom. The van der Waals surface area contributed by atoms with Crippen LogP contribution in [0.5, 0.6) is 0 Å². The monoisotopic (exact) mass is 516 g/mol. The zero-order chi connectivity index (χ0) is 21.3. The number of alkyl halides is 6. The zero-order valence-electron chi connectivity index (χ0n) is 17.0. The van der Waals surface area contributed by atoms with Crippen molar-refractivity contribution in [1.29, 1.82) is 0 Å². The van der Waals surface area contributed by atoms with E-state index in [4.69, 9.17) is 0 Å². The summed E-state index contributed by atoms with van der Waals surface area (Å²) in [6, 6.07) is -3.39. The fourth-order valence-electron chi connectivity index (χ4n) is 1.52. The van der Waals surface area contributed by atoms with E-state index in [0.29, 0.717) is 0 Å². The molecular weight excluding hydrogens is 489 g/mol. The Labute approximate surface area is 184 Å². The third-order valence-electron chi connectivity index (χ3n) is 2.60. The van der Waals surface area contributed by atoms with E-state index in [1.807, 2.05) is 0 Å². The van der Waals surface area contributed by atoms with E-state index in [1.165, 1.54) is 13.8 Å². The SMILES string of the molecule is CC(=NC(C)C)[N-]C(C)C(F)(F)F.CC(=NC(C)C)[N-]C(C)C(F)(F)F.[Cu+].[Cu+]. The molecular formula is C16H28Cu2F6N4. The van der Waals surface area contributed by atoms with E-state index in [2.05, 4.69) is 20.6 Å². The molecule has 2 atom stereocenters. The predicted molar refractivity (Wildman–Crippen MR) is 94.2 cm³/mol. The maximum atomic E-state index is 12.0. The average molecular weight is 518 g/mol. The summed E-state index contributed by atoms with van der Waals surface area (Å²) in [5, 5.41) is 6.83. The van der Waals surface area contributed by atoms with Crippen molar-refractivity contribution < 1.29 is 60.5 Å². The van der Waals surface area contributed by atoms with Gasteiger partial charge in [0.1, 0.15) is 0 Å². The molecule has 0 rings (SSSR count). The van der Waals surface area contributed by atoms with E-state index in [0.717, 1.165) is 13.8 Å². The average Bonchev–Trinajstić information content (AvgIpc) is 2.34. The van der Waals surface area contributed by atoms with Crippen molar-refractivity contribution in [2.24, 2.45) is 9.98 Å². The Morgan fingerprint density at radius 3 is 0.964 bits per heavy atom. The summed E-state index contributed by atoms with van der Waals surface area (Å²) in [5.41, 5.74) is 0. The molecule has 4 nitrogen and oxygen atoms in total. The molecule has 0 aliphatic heterocycles. The van der Waals surface area contributed by atoms with Crippen molar-refractivity contribution >= 4 is 11.7 Å². The first-order valence-corrected chi connectivity index (χ1v) is 8.10. The van der Waals surface area contributed by atoms with Crippen molar-refractivity contribution in [3.63, 3.8) is 0 Å². The minimum Gasteiger partial charge on any atom is -0.467 e. The Bertz CT molecular complexity index is 421. The van der Waals surface area contributed by atoms with Crippen LogP contribution in [0.4, 0.5) is 26.3 Å². The van der Waals surface area contributed by atoms with E-state index >= 15 is 0 Å². The number of rotatable bonds is 4. The van der Waals surface area contributed by atoms with Gasteiger partial charge in [-0.1, -0.05) is 53.2 Å². The van der Waals surface area contributed by atoms with Crippen LogP contribution in [0.15, 0.2) is 9.98 Å². The van der Waals surface area contributed by atoms with Crippen LogP contribution >= 0.6 is 0 Å². The normalized spacial score (nSPS) is 15.0. The maximum absolute atomic E-state index is 12.0. The molecule has 0 aliphatic carbocycles. The second-order valence-electron chi connectivity index (χ2n) is 6.23. The Kier molecular flexibility index (Phi) is 19.3. The van der Waals surface area contributed by atoms with Crippen molar-refractivity contribution in [2.45, 2.75) is 91.9 Å². The summed E-state index contributed by atoms with van der Waals surface area (Å²) in [5.74, 6) is 0.389.